The smallest absolute Gasteiger partial charge is 0.207 e. The summed E-state index contributed by atoms with van der Waals surface area (Å²) in [6, 6.07) is 2.42. The van der Waals surface area contributed by atoms with Gasteiger partial charge in [0, 0.05) is 12.4 Å². The van der Waals surface area contributed by atoms with Gasteiger partial charge in [-0.05, 0) is 18.2 Å². The van der Waals surface area contributed by atoms with Crippen molar-refractivity contribution in [2.75, 3.05) is 19.0 Å². The van der Waals surface area contributed by atoms with Gasteiger partial charge in [0.05, 0.1) is 5.02 Å². The summed E-state index contributed by atoms with van der Waals surface area (Å²) in [5.74, 6) is -1.27. The maximum atomic E-state index is 13.1. The first-order chi connectivity index (χ1) is 9.08. The maximum absolute atomic E-state index is 13.1. The Hall–Kier alpha value is -0.570. The minimum atomic E-state index is -4.75. The summed E-state index contributed by atoms with van der Waals surface area (Å²) in [5.41, 5.74) is 0. The van der Waals surface area contributed by atoms with Gasteiger partial charge in [0.1, 0.15) is 17.3 Å². The predicted octanol–water partition coefficient (Wildman–Crippen LogP) is 3.27. The third-order valence-corrected chi connectivity index (χ3v) is 4.70. The molecule has 0 fully saturated rings. The molecule has 0 aromatic heterocycles. The van der Waals surface area contributed by atoms with Gasteiger partial charge in [-0.25, -0.2) is 12.8 Å². The van der Waals surface area contributed by atoms with Crippen LogP contribution in [-0.2, 0) is 10.0 Å². The molecule has 1 rings (SSSR count). The molecule has 0 aliphatic rings. The van der Waals surface area contributed by atoms with E-state index < -0.39 is 40.0 Å². The molecule has 1 aromatic rings. The number of hydrogen-bond acceptors (Lipinski definition) is 2. The summed E-state index contributed by atoms with van der Waals surface area (Å²) in [5, 5.41) is -0.367. The van der Waals surface area contributed by atoms with E-state index in [0.717, 1.165) is 12.1 Å². The topological polar surface area (TPSA) is 37.4 Å². The summed E-state index contributed by atoms with van der Waals surface area (Å²) in [7, 11) is -4.59. The summed E-state index contributed by atoms with van der Waals surface area (Å²) in [6.07, 6.45) is -4.75. The van der Waals surface area contributed by atoms with Crippen molar-refractivity contribution < 1.29 is 26.0 Å². The van der Waals surface area contributed by atoms with Crippen LogP contribution in [0.25, 0.3) is 0 Å². The molecule has 20 heavy (non-hydrogen) atoms. The van der Waals surface area contributed by atoms with Gasteiger partial charge in [0.15, 0.2) is 0 Å². The zero-order chi connectivity index (χ0) is 15.6. The van der Waals surface area contributed by atoms with Crippen LogP contribution in [0.15, 0.2) is 23.1 Å². The molecule has 3 nitrogen and oxygen atoms in total. The van der Waals surface area contributed by atoms with Crippen LogP contribution in [-0.4, -0.2) is 37.9 Å². The highest BCUT2D eigenvalue weighted by Crippen LogP contribution is 2.28. The molecule has 0 N–H and O–H groups in total. The zero-order valence-electron chi connectivity index (χ0n) is 9.79. The normalized spacial score (nSPS) is 12.9. The van der Waals surface area contributed by atoms with Crippen molar-refractivity contribution in [2.45, 2.75) is 11.1 Å². The van der Waals surface area contributed by atoms with E-state index in [1.165, 1.54) is 0 Å². The van der Waals surface area contributed by atoms with Crippen LogP contribution in [0, 0.1) is 5.82 Å². The Balaban J connectivity index is 3.26. The number of rotatable bonds is 5. The first-order valence-corrected chi connectivity index (χ1v) is 7.51. The van der Waals surface area contributed by atoms with Crippen LogP contribution < -0.4 is 0 Å². The standard InChI is InChI=1S/C10H9Cl2F4NO2S/c11-3-4-17(6-10(14,15)16)20(18,19)9-5-7(13)1-2-8(9)12/h1-2,5H,3-4,6H2. The highest BCUT2D eigenvalue weighted by molar-refractivity contribution is 7.89. The highest BCUT2D eigenvalue weighted by Gasteiger charge is 2.37. The zero-order valence-corrected chi connectivity index (χ0v) is 12.1. The van der Waals surface area contributed by atoms with Gasteiger partial charge in [-0.2, -0.15) is 17.5 Å². The monoisotopic (exact) mass is 353 g/mol. The summed E-state index contributed by atoms with van der Waals surface area (Å²) in [6.45, 7) is -2.30. The molecule has 0 unspecified atom stereocenters. The van der Waals surface area contributed by atoms with E-state index in [-0.39, 0.29) is 15.2 Å². The van der Waals surface area contributed by atoms with Crippen LogP contribution in [0.1, 0.15) is 0 Å². The molecular weight excluding hydrogens is 345 g/mol. The molecule has 0 bridgehead atoms. The Labute approximate surface area is 123 Å². The lowest BCUT2D eigenvalue weighted by molar-refractivity contribution is -0.135. The fourth-order valence-corrected chi connectivity index (χ4v) is 3.61. The number of hydrogen-bond donors (Lipinski definition) is 0. The van der Waals surface area contributed by atoms with Gasteiger partial charge < -0.3 is 0 Å². The molecule has 0 atom stereocenters. The molecule has 0 amide bonds. The fraction of sp³-hybridized carbons (Fsp3) is 0.400. The lowest BCUT2D eigenvalue weighted by Gasteiger charge is -2.23. The van der Waals surface area contributed by atoms with Crippen molar-refractivity contribution in [3.8, 4) is 0 Å². The number of sulfonamides is 1. The van der Waals surface area contributed by atoms with Gasteiger partial charge in [-0.3, -0.25) is 0 Å². The first-order valence-electron chi connectivity index (χ1n) is 5.16. The van der Waals surface area contributed by atoms with Crippen LogP contribution >= 0.6 is 23.2 Å². The maximum Gasteiger partial charge on any atom is 0.402 e. The van der Waals surface area contributed by atoms with Crippen LogP contribution in [0.2, 0.25) is 5.02 Å². The molecule has 0 saturated heterocycles. The minimum Gasteiger partial charge on any atom is -0.207 e. The van der Waals surface area contributed by atoms with Crippen molar-refractivity contribution in [1.82, 2.24) is 4.31 Å². The first kappa shape index (κ1) is 17.5. The van der Waals surface area contributed by atoms with Crippen LogP contribution in [0.3, 0.4) is 0 Å². The fourth-order valence-electron chi connectivity index (χ4n) is 1.39. The van der Waals surface area contributed by atoms with Crippen LogP contribution in [0.5, 0.6) is 0 Å². The van der Waals surface area contributed by atoms with E-state index in [1.54, 1.807) is 0 Å². The van der Waals surface area contributed by atoms with Crippen LogP contribution in [0.4, 0.5) is 17.6 Å². The van der Waals surface area contributed by atoms with Crippen molar-refractivity contribution in [3.63, 3.8) is 0 Å². The van der Waals surface area contributed by atoms with Crippen molar-refractivity contribution in [3.05, 3.63) is 29.0 Å². The molecule has 0 saturated carbocycles. The lowest BCUT2D eigenvalue weighted by Crippen LogP contribution is -2.40. The average molecular weight is 354 g/mol. The van der Waals surface area contributed by atoms with Gasteiger partial charge in [-0.15, -0.1) is 11.6 Å². The highest BCUT2D eigenvalue weighted by atomic mass is 35.5. The second-order valence-electron chi connectivity index (χ2n) is 3.72. The third kappa shape index (κ3) is 4.47. The molecule has 0 aliphatic carbocycles. The van der Waals surface area contributed by atoms with Gasteiger partial charge in [-0.1, -0.05) is 11.6 Å². The minimum absolute atomic E-state index is 0.112. The Morgan fingerprint density at radius 2 is 1.85 bits per heavy atom. The largest absolute Gasteiger partial charge is 0.402 e. The number of halogens is 6. The summed E-state index contributed by atoms with van der Waals surface area (Å²) < 4.78 is 74.6. The van der Waals surface area contributed by atoms with Crippen molar-refractivity contribution >= 4 is 33.2 Å². The molecule has 10 heteroatoms. The molecule has 114 valence electrons. The Morgan fingerprint density at radius 3 is 2.35 bits per heavy atom. The van der Waals surface area contributed by atoms with E-state index in [9.17, 15) is 26.0 Å². The SMILES string of the molecule is O=S(=O)(c1cc(F)ccc1Cl)N(CCCl)CC(F)(F)F. The Morgan fingerprint density at radius 1 is 1.25 bits per heavy atom. The summed E-state index contributed by atoms with van der Waals surface area (Å²) in [4.78, 5) is -0.728. The number of nitrogens with zero attached hydrogens (tertiary/aromatic N) is 1. The Kier molecular flexibility index (Phi) is 5.65. The second-order valence-corrected chi connectivity index (χ2v) is 6.41. The Bertz CT molecular complexity index is 577. The summed E-state index contributed by atoms with van der Waals surface area (Å²) >= 11 is 10.9. The van der Waals surface area contributed by atoms with Gasteiger partial charge >= 0.3 is 6.18 Å². The van der Waals surface area contributed by atoms with E-state index >= 15 is 0 Å². The molecule has 0 radical (unpaired) electrons. The lowest BCUT2D eigenvalue weighted by atomic mass is 10.3. The molecular formula is C10H9Cl2F4NO2S. The van der Waals surface area contributed by atoms with E-state index in [0.29, 0.717) is 6.07 Å². The molecule has 0 aliphatic heterocycles. The van der Waals surface area contributed by atoms with E-state index in [4.69, 9.17) is 23.2 Å². The second kappa shape index (κ2) is 6.46. The van der Waals surface area contributed by atoms with Gasteiger partial charge in [0.2, 0.25) is 10.0 Å². The molecule has 0 heterocycles. The van der Waals surface area contributed by atoms with Crippen molar-refractivity contribution in [1.29, 1.82) is 0 Å². The quantitative estimate of drug-likeness (QED) is 0.601. The predicted molar refractivity (Wildman–Crippen MR) is 66.9 cm³/mol. The van der Waals surface area contributed by atoms with Gasteiger partial charge in [0.25, 0.3) is 0 Å². The molecule has 0 spiro atoms. The number of alkyl halides is 4. The number of benzene rings is 1. The third-order valence-electron chi connectivity index (χ3n) is 2.20. The average Bonchev–Trinajstić information content (AvgIpc) is 2.30. The van der Waals surface area contributed by atoms with E-state index in [1.807, 2.05) is 0 Å². The van der Waals surface area contributed by atoms with Crippen molar-refractivity contribution in [2.24, 2.45) is 0 Å². The molecule has 1 aromatic carbocycles. The van der Waals surface area contributed by atoms with E-state index in [2.05, 4.69) is 0 Å².